The van der Waals surface area contributed by atoms with Gasteiger partial charge in [0.1, 0.15) is 17.2 Å². The van der Waals surface area contributed by atoms with Crippen LogP contribution in [-0.4, -0.2) is 21.9 Å². The summed E-state index contributed by atoms with van der Waals surface area (Å²) in [5.41, 5.74) is 0.878. The molecular formula is C17H14ClN3O4S. The van der Waals surface area contributed by atoms with Crippen LogP contribution in [0, 0.1) is 0 Å². The molecular weight excluding hydrogens is 378 g/mol. The lowest BCUT2D eigenvalue weighted by molar-refractivity contribution is -0.119. The van der Waals surface area contributed by atoms with Gasteiger partial charge in [-0.1, -0.05) is 11.6 Å². The molecule has 1 aromatic carbocycles. The number of aromatic nitrogens is 1. The summed E-state index contributed by atoms with van der Waals surface area (Å²) in [4.78, 5) is 27.5. The highest BCUT2D eigenvalue weighted by Crippen LogP contribution is 2.28. The number of anilines is 1. The predicted molar refractivity (Wildman–Crippen MR) is 98.4 cm³/mol. The molecule has 0 aliphatic rings. The van der Waals surface area contributed by atoms with Crippen molar-refractivity contribution in [1.29, 1.82) is 0 Å². The minimum absolute atomic E-state index is 0.0902. The monoisotopic (exact) mass is 391 g/mol. The first-order valence-corrected chi connectivity index (χ1v) is 8.77. The number of nitrogens with zero attached hydrogens (tertiary/aromatic N) is 1. The largest absolute Gasteiger partial charge is 0.506 e. The number of amides is 2. The molecule has 3 rings (SSSR count). The van der Waals surface area contributed by atoms with E-state index in [-0.39, 0.29) is 16.7 Å². The Morgan fingerprint density at radius 2 is 2.12 bits per heavy atom. The van der Waals surface area contributed by atoms with Gasteiger partial charge in [-0.3, -0.25) is 14.9 Å². The lowest BCUT2D eigenvalue weighted by Gasteiger charge is -2.03. The number of nitrogens with one attached hydrogen (secondary N) is 2. The number of rotatable bonds is 5. The highest BCUT2D eigenvalue weighted by atomic mass is 35.5. The molecule has 134 valence electrons. The number of benzene rings is 1. The second kappa shape index (κ2) is 7.59. The topological polar surface area (TPSA) is 104 Å². The highest BCUT2D eigenvalue weighted by Gasteiger charge is 2.13. The van der Waals surface area contributed by atoms with Gasteiger partial charge in [0, 0.05) is 17.9 Å². The Hall–Kier alpha value is -2.84. The first-order valence-electron chi connectivity index (χ1n) is 7.51. The summed E-state index contributed by atoms with van der Waals surface area (Å²) in [6, 6.07) is 7.69. The number of phenolic OH excluding ortho intramolecular Hbond substituents is 1. The molecule has 0 bridgehead atoms. The molecule has 2 heterocycles. The minimum Gasteiger partial charge on any atom is -0.506 e. The molecule has 0 atom stereocenters. The SMILES string of the molecule is CC(=O)NCc1ccc(-c2csc(NC(=O)c3ccc(O)c(Cl)c3)n2)o1. The van der Waals surface area contributed by atoms with E-state index in [1.165, 1.54) is 36.5 Å². The van der Waals surface area contributed by atoms with Crippen LogP contribution in [0.2, 0.25) is 5.02 Å². The average molecular weight is 392 g/mol. The van der Waals surface area contributed by atoms with Crippen molar-refractivity contribution in [2.75, 3.05) is 5.32 Å². The maximum Gasteiger partial charge on any atom is 0.257 e. The van der Waals surface area contributed by atoms with Crippen molar-refractivity contribution in [3.05, 3.63) is 52.1 Å². The molecule has 2 aromatic heterocycles. The van der Waals surface area contributed by atoms with Crippen molar-refractivity contribution < 1.29 is 19.1 Å². The van der Waals surface area contributed by atoms with Crippen LogP contribution in [0.3, 0.4) is 0 Å². The first-order chi connectivity index (χ1) is 12.4. The van der Waals surface area contributed by atoms with Crippen LogP contribution in [0.1, 0.15) is 23.0 Å². The molecule has 0 aliphatic heterocycles. The Morgan fingerprint density at radius 3 is 2.85 bits per heavy atom. The van der Waals surface area contributed by atoms with Crippen LogP contribution in [0.15, 0.2) is 40.1 Å². The van der Waals surface area contributed by atoms with E-state index >= 15 is 0 Å². The number of hydrogen-bond acceptors (Lipinski definition) is 6. The zero-order valence-electron chi connectivity index (χ0n) is 13.6. The van der Waals surface area contributed by atoms with Gasteiger partial charge in [0.2, 0.25) is 5.91 Å². The Morgan fingerprint density at radius 1 is 1.31 bits per heavy atom. The Labute approximate surface area is 157 Å². The van der Waals surface area contributed by atoms with E-state index < -0.39 is 5.91 Å². The van der Waals surface area contributed by atoms with Crippen LogP contribution in [-0.2, 0) is 11.3 Å². The lowest BCUT2D eigenvalue weighted by Crippen LogP contribution is -2.18. The Balaban J connectivity index is 1.68. The maximum absolute atomic E-state index is 12.2. The van der Waals surface area contributed by atoms with Crippen molar-refractivity contribution in [2.24, 2.45) is 0 Å². The third-order valence-corrected chi connectivity index (χ3v) is 4.42. The summed E-state index contributed by atoms with van der Waals surface area (Å²) >= 11 is 7.06. The molecule has 9 heteroatoms. The molecule has 3 N–H and O–H groups in total. The molecule has 2 amide bonds. The number of carbonyl (C=O) groups excluding carboxylic acids is 2. The third kappa shape index (κ3) is 4.22. The predicted octanol–water partition coefficient (Wildman–Crippen LogP) is 3.65. The number of aromatic hydroxyl groups is 1. The van der Waals surface area contributed by atoms with Gasteiger partial charge in [-0.15, -0.1) is 11.3 Å². The van der Waals surface area contributed by atoms with E-state index in [0.29, 0.717) is 34.5 Å². The molecule has 0 spiro atoms. The fourth-order valence-electron chi connectivity index (χ4n) is 2.08. The van der Waals surface area contributed by atoms with Crippen LogP contribution < -0.4 is 10.6 Å². The molecule has 0 saturated heterocycles. The van der Waals surface area contributed by atoms with E-state index in [1.807, 2.05) is 0 Å². The lowest BCUT2D eigenvalue weighted by atomic mass is 10.2. The van der Waals surface area contributed by atoms with Crippen molar-refractivity contribution in [2.45, 2.75) is 13.5 Å². The van der Waals surface area contributed by atoms with Gasteiger partial charge in [0.05, 0.1) is 11.6 Å². The number of carbonyl (C=O) groups is 2. The van der Waals surface area contributed by atoms with E-state index in [9.17, 15) is 14.7 Å². The molecule has 0 saturated carbocycles. The van der Waals surface area contributed by atoms with E-state index in [1.54, 1.807) is 17.5 Å². The van der Waals surface area contributed by atoms with Crippen LogP contribution in [0.4, 0.5) is 5.13 Å². The summed E-state index contributed by atoms with van der Waals surface area (Å²) < 4.78 is 5.62. The quantitative estimate of drug-likeness (QED) is 0.615. The number of halogens is 1. The van der Waals surface area contributed by atoms with Crippen LogP contribution >= 0.6 is 22.9 Å². The minimum atomic E-state index is -0.390. The molecule has 26 heavy (non-hydrogen) atoms. The number of furan rings is 1. The van der Waals surface area contributed by atoms with Crippen molar-refractivity contribution >= 4 is 39.9 Å². The summed E-state index contributed by atoms with van der Waals surface area (Å²) in [6.45, 7) is 1.73. The third-order valence-electron chi connectivity index (χ3n) is 3.36. The van der Waals surface area contributed by atoms with E-state index in [4.69, 9.17) is 16.0 Å². The van der Waals surface area contributed by atoms with Crippen LogP contribution in [0.25, 0.3) is 11.5 Å². The molecule has 0 unspecified atom stereocenters. The molecule has 7 nitrogen and oxygen atoms in total. The molecule has 3 aromatic rings. The summed E-state index contributed by atoms with van der Waals surface area (Å²) in [5.74, 6) is 0.518. The second-order valence-corrected chi connectivity index (χ2v) is 6.60. The zero-order chi connectivity index (χ0) is 18.7. The Kier molecular flexibility index (Phi) is 5.24. The smallest absolute Gasteiger partial charge is 0.257 e. The number of hydrogen-bond donors (Lipinski definition) is 3. The fraction of sp³-hybridized carbons (Fsp3) is 0.118. The van der Waals surface area contributed by atoms with Gasteiger partial charge in [-0.25, -0.2) is 4.98 Å². The average Bonchev–Trinajstić information content (AvgIpc) is 3.24. The first kappa shape index (κ1) is 18.0. The normalized spacial score (nSPS) is 10.5. The van der Waals surface area contributed by atoms with Crippen molar-refractivity contribution in [3.63, 3.8) is 0 Å². The van der Waals surface area contributed by atoms with Crippen molar-refractivity contribution in [1.82, 2.24) is 10.3 Å². The van der Waals surface area contributed by atoms with Gasteiger partial charge >= 0.3 is 0 Å². The summed E-state index contributed by atoms with van der Waals surface area (Å²) in [6.07, 6.45) is 0. The fourth-order valence-corrected chi connectivity index (χ4v) is 2.96. The second-order valence-electron chi connectivity index (χ2n) is 5.33. The number of phenols is 1. The molecule has 0 radical (unpaired) electrons. The maximum atomic E-state index is 12.2. The molecule has 0 fully saturated rings. The van der Waals surface area contributed by atoms with E-state index in [0.717, 1.165) is 0 Å². The number of thiazole rings is 1. The van der Waals surface area contributed by atoms with Gasteiger partial charge in [0.25, 0.3) is 5.91 Å². The summed E-state index contributed by atoms with van der Waals surface area (Å²) in [5, 5.41) is 17.0. The van der Waals surface area contributed by atoms with Gasteiger partial charge in [-0.05, 0) is 30.3 Å². The van der Waals surface area contributed by atoms with Crippen molar-refractivity contribution in [3.8, 4) is 17.2 Å². The van der Waals surface area contributed by atoms with Gasteiger partial charge in [0.15, 0.2) is 10.9 Å². The highest BCUT2D eigenvalue weighted by molar-refractivity contribution is 7.14. The van der Waals surface area contributed by atoms with E-state index in [2.05, 4.69) is 15.6 Å². The van der Waals surface area contributed by atoms with Gasteiger partial charge in [-0.2, -0.15) is 0 Å². The Bertz CT molecular complexity index is 967. The standard InChI is InChI=1S/C17H14ClN3O4S/c1-9(22)19-7-11-3-5-15(25-11)13-8-26-17(20-13)21-16(24)10-2-4-14(23)12(18)6-10/h2-6,8,23H,7H2,1H3,(H,19,22)(H,20,21,24). The van der Waals surface area contributed by atoms with Gasteiger partial charge < -0.3 is 14.8 Å². The zero-order valence-corrected chi connectivity index (χ0v) is 15.1. The molecule has 0 aliphatic carbocycles. The summed E-state index contributed by atoms with van der Waals surface area (Å²) in [7, 11) is 0. The van der Waals surface area contributed by atoms with Crippen LogP contribution in [0.5, 0.6) is 5.75 Å².